The number of phenolic OH excluding ortho intramolecular Hbond substituents is 1. The van der Waals surface area contributed by atoms with Crippen LogP contribution in [0.3, 0.4) is 0 Å². The highest BCUT2D eigenvalue weighted by Gasteiger charge is 2.14. The summed E-state index contributed by atoms with van der Waals surface area (Å²) in [5, 5.41) is 21.1. The molecule has 0 fully saturated rings. The van der Waals surface area contributed by atoms with Crippen molar-refractivity contribution in [1.29, 1.82) is 0 Å². The smallest absolute Gasteiger partial charge is 0.338 e. The molecule has 4 aromatic rings. The Morgan fingerprint density at radius 3 is 2.03 bits per heavy atom. The van der Waals surface area contributed by atoms with E-state index in [0.717, 1.165) is 10.9 Å². The van der Waals surface area contributed by atoms with E-state index in [1.54, 1.807) is 30.3 Å². The Bertz CT molecular complexity index is 1520. The first kappa shape index (κ1) is 23.9. The molecule has 0 aliphatic rings. The van der Waals surface area contributed by atoms with Crippen molar-refractivity contribution < 1.29 is 37.5 Å². The Labute approximate surface area is 200 Å². The molecule has 9 heteroatoms. The number of rotatable bonds is 7. The van der Waals surface area contributed by atoms with Gasteiger partial charge in [-0.15, -0.1) is 0 Å². The van der Waals surface area contributed by atoms with Gasteiger partial charge in [0.2, 0.25) is 0 Å². The normalized spacial score (nSPS) is 11.3. The summed E-state index contributed by atoms with van der Waals surface area (Å²) >= 11 is 0. The van der Waals surface area contributed by atoms with Crippen LogP contribution in [-0.2, 0) is 27.9 Å². The van der Waals surface area contributed by atoms with Crippen molar-refractivity contribution >= 4 is 32.8 Å². The maximum Gasteiger partial charge on any atom is 0.338 e. The molecule has 0 bridgehead atoms. The van der Waals surface area contributed by atoms with Gasteiger partial charge < -0.3 is 14.9 Å². The number of hydrogen-bond acceptors (Lipinski definition) is 6. The molecule has 8 nitrogen and oxygen atoms in total. The molecule has 0 aliphatic carbocycles. The molecule has 0 saturated heterocycles. The summed E-state index contributed by atoms with van der Waals surface area (Å²) in [4.78, 5) is 23.3. The number of aromatic carboxylic acids is 1. The van der Waals surface area contributed by atoms with Crippen molar-refractivity contribution in [3.8, 4) is 5.75 Å². The van der Waals surface area contributed by atoms with Crippen LogP contribution in [-0.4, -0.2) is 35.1 Å². The van der Waals surface area contributed by atoms with E-state index in [1.807, 2.05) is 6.07 Å². The first-order chi connectivity index (χ1) is 16.6. The zero-order valence-corrected chi connectivity index (χ0v) is 19.0. The molecule has 4 aromatic carbocycles. The number of carboxylic acid groups (broad SMARTS) is 1. The molecule has 0 radical (unpaired) electrons. The quantitative estimate of drug-likeness (QED) is 0.254. The van der Waals surface area contributed by atoms with Gasteiger partial charge in [0, 0.05) is 11.8 Å². The summed E-state index contributed by atoms with van der Waals surface area (Å²) < 4.78 is 36.6. The van der Waals surface area contributed by atoms with Crippen molar-refractivity contribution in [2.45, 2.75) is 17.9 Å². The summed E-state index contributed by atoms with van der Waals surface area (Å²) in [6.07, 6.45) is 0.371. The molecule has 0 aromatic heterocycles. The van der Waals surface area contributed by atoms with E-state index in [-0.39, 0.29) is 28.4 Å². The van der Waals surface area contributed by atoms with Crippen LogP contribution >= 0.6 is 0 Å². The average Bonchev–Trinajstić information content (AvgIpc) is 2.84. The van der Waals surface area contributed by atoms with Crippen LogP contribution in [0.15, 0.2) is 83.8 Å². The largest absolute Gasteiger partial charge is 0.507 e. The maximum absolute atomic E-state index is 12.6. The molecule has 0 aliphatic heterocycles. The molecule has 0 saturated carbocycles. The van der Waals surface area contributed by atoms with Gasteiger partial charge in [-0.1, -0.05) is 42.5 Å². The summed E-state index contributed by atoms with van der Waals surface area (Å²) in [6, 6.07) is 20.0. The van der Waals surface area contributed by atoms with Gasteiger partial charge in [-0.2, -0.15) is 8.42 Å². The Hall–Kier alpha value is -4.21. The fraction of sp³-hybridized carbons (Fsp3) is 0.0769. The van der Waals surface area contributed by atoms with Gasteiger partial charge >= 0.3 is 11.9 Å². The Kier molecular flexibility index (Phi) is 6.54. The van der Waals surface area contributed by atoms with Crippen molar-refractivity contribution in [1.82, 2.24) is 0 Å². The van der Waals surface area contributed by atoms with Gasteiger partial charge in [-0.05, 0) is 58.5 Å². The number of carboxylic acids is 1. The third-order valence-corrected chi connectivity index (χ3v) is 6.37. The number of phenols is 1. The van der Waals surface area contributed by atoms with Crippen molar-refractivity contribution in [3.63, 3.8) is 0 Å². The zero-order chi connectivity index (χ0) is 25.2. The molecule has 0 heterocycles. The van der Waals surface area contributed by atoms with Crippen LogP contribution in [0.4, 0.5) is 0 Å². The minimum atomic E-state index is -4.30. The summed E-state index contributed by atoms with van der Waals surface area (Å²) in [6.45, 7) is -0.110. The van der Waals surface area contributed by atoms with Crippen LogP contribution in [0.5, 0.6) is 5.75 Å². The maximum atomic E-state index is 12.6. The van der Waals surface area contributed by atoms with Crippen LogP contribution < -0.4 is 0 Å². The molecule has 0 atom stereocenters. The van der Waals surface area contributed by atoms with Crippen LogP contribution in [0.25, 0.3) is 10.8 Å². The third kappa shape index (κ3) is 5.48. The zero-order valence-electron chi connectivity index (χ0n) is 18.2. The summed E-state index contributed by atoms with van der Waals surface area (Å²) in [5.74, 6) is -1.63. The average molecular weight is 493 g/mol. The van der Waals surface area contributed by atoms with E-state index in [1.165, 1.54) is 42.5 Å². The Balaban J connectivity index is 1.51. The minimum Gasteiger partial charge on any atom is -0.507 e. The molecule has 3 N–H and O–H groups in total. The number of hydrogen-bond donors (Lipinski definition) is 3. The van der Waals surface area contributed by atoms with E-state index < -0.39 is 22.1 Å². The molecule has 4 rings (SSSR count). The number of ether oxygens (including phenoxy) is 1. The first-order valence-electron chi connectivity index (χ1n) is 10.4. The molecular weight excluding hydrogens is 472 g/mol. The van der Waals surface area contributed by atoms with Crippen LogP contribution in [0, 0.1) is 0 Å². The van der Waals surface area contributed by atoms with E-state index in [4.69, 9.17) is 14.4 Å². The van der Waals surface area contributed by atoms with Crippen molar-refractivity contribution in [2.75, 3.05) is 0 Å². The van der Waals surface area contributed by atoms with E-state index in [0.29, 0.717) is 22.9 Å². The van der Waals surface area contributed by atoms with Crippen molar-refractivity contribution in [3.05, 3.63) is 107 Å². The predicted octanol–water partition coefficient (Wildman–Crippen LogP) is 4.44. The molecule has 178 valence electrons. The molecule has 0 spiro atoms. The van der Waals surface area contributed by atoms with Gasteiger partial charge in [-0.25, -0.2) is 9.59 Å². The van der Waals surface area contributed by atoms with E-state index in [9.17, 15) is 23.1 Å². The monoisotopic (exact) mass is 492 g/mol. The lowest BCUT2D eigenvalue weighted by atomic mass is 9.98. The Morgan fingerprint density at radius 1 is 0.800 bits per heavy atom. The second kappa shape index (κ2) is 9.57. The fourth-order valence-corrected chi connectivity index (χ4v) is 4.07. The number of benzene rings is 4. The van der Waals surface area contributed by atoms with E-state index in [2.05, 4.69) is 0 Å². The lowest BCUT2D eigenvalue weighted by Gasteiger charge is -2.11. The Morgan fingerprint density at radius 2 is 1.40 bits per heavy atom. The van der Waals surface area contributed by atoms with Crippen molar-refractivity contribution in [2.24, 2.45) is 0 Å². The fourth-order valence-electron chi connectivity index (χ4n) is 3.59. The topological polar surface area (TPSA) is 138 Å². The lowest BCUT2D eigenvalue weighted by Crippen LogP contribution is -2.05. The highest BCUT2D eigenvalue weighted by atomic mass is 32.2. The van der Waals surface area contributed by atoms with Crippen LogP contribution in [0.1, 0.15) is 37.4 Å². The second-order valence-electron chi connectivity index (χ2n) is 7.88. The third-order valence-electron chi connectivity index (χ3n) is 5.50. The van der Waals surface area contributed by atoms with Crippen LogP contribution in [0.2, 0.25) is 0 Å². The minimum absolute atomic E-state index is 0.0141. The van der Waals surface area contributed by atoms with Gasteiger partial charge in [0.1, 0.15) is 12.4 Å². The van der Waals surface area contributed by atoms with Gasteiger partial charge in [0.05, 0.1) is 16.0 Å². The highest BCUT2D eigenvalue weighted by molar-refractivity contribution is 7.85. The molecule has 35 heavy (non-hydrogen) atoms. The molecule has 0 unspecified atom stereocenters. The molecular formula is C26H20O8S. The predicted molar refractivity (Wildman–Crippen MR) is 127 cm³/mol. The SMILES string of the molecule is O=C(O)c1ccc(Cc2ccc3ccc(C(=O)OCc4ccc(S(=O)(=O)O)cc4)cc3c2O)cc1. The first-order valence-corrected chi connectivity index (χ1v) is 11.9. The number of carbonyl (C=O) groups is 2. The van der Waals surface area contributed by atoms with Gasteiger partial charge in [0.15, 0.2) is 0 Å². The number of carbonyl (C=O) groups excluding carboxylic acids is 1. The lowest BCUT2D eigenvalue weighted by molar-refractivity contribution is 0.0472. The summed E-state index contributed by atoms with van der Waals surface area (Å²) in [5.41, 5.74) is 2.37. The number of aromatic hydroxyl groups is 1. The van der Waals surface area contributed by atoms with Gasteiger partial charge in [-0.3, -0.25) is 4.55 Å². The second-order valence-corrected chi connectivity index (χ2v) is 9.30. The summed E-state index contributed by atoms with van der Waals surface area (Å²) in [7, 11) is -4.30. The number of esters is 1. The highest BCUT2D eigenvalue weighted by Crippen LogP contribution is 2.31. The number of fused-ring (bicyclic) bond motifs is 1. The standard InChI is InChI=1S/C26H20O8S/c27-24-20(13-16-1-5-19(6-2-16)25(28)29)9-7-18-8-10-21(14-23(18)24)26(30)34-15-17-3-11-22(12-4-17)35(31,32)33/h1-12,14,27H,13,15H2,(H,28,29)(H,31,32,33). The van der Waals surface area contributed by atoms with E-state index >= 15 is 0 Å². The van der Waals surface area contributed by atoms with Gasteiger partial charge in [0.25, 0.3) is 10.1 Å². The molecule has 0 amide bonds.